The molecule has 25 heavy (non-hydrogen) atoms. The number of nitrogens with one attached hydrogen (secondary N) is 2. The minimum Gasteiger partial charge on any atom is -0.274 e. The Hall–Kier alpha value is -2.71. The van der Waals surface area contributed by atoms with Crippen LogP contribution in [0.1, 0.15) is 26.3 Å². The van der Waals surface area contributed by atoms with Crippen LogP contribution in [0.25, 0.3) is 0 Å². The highest BCUT2D eigenvalue weighted by atomic mass is 32.2. The molecule has 0 aliphatic carbocycles. The van der Waals surface area contributed by atoms with Crippen LogP contribution in [0.15, 0.2) is 48.5 Å². The molecule has 2 aromatic carbocycles. The number of rotatable bonds is 6. The van der Waals surface area contributed by atoms with Crippen LogP contribution in [-0.2, 0) is 16.6 Å². The van der Waals surface area contributed by atoms with Gasteiger partial charge in [-0.15, -0.1) is 0 Å². The van der Waals surface area contributed by atoms with Gasteiger partial charge in [0.05, 0.1) is 11.1 Å². The quantitative estimate of drug-likeness (QED) is 0.762. The van der Waals surface area contributed by atoms with Crippen molar-refractivity contribution in [3.63, 3.8) is 0 Å². The SMILES string of the molecule is CNS(=O)(=O)Nc1ccc(CCN2C(=O)c3ccccc3C2=O)cc1. The molecule has 8 heteroatoms. The molecule has 0 atom stereocenters. The van der Waals surface area contributed by atoms with Gasteiger partial charge in [0.15, 0.2) is 0 Å². The summed E-state index contributed by atoms with van der Waals surface area (Å²) in [7, 11) is -2.24. The Balaban J connectivity index is 1.65. The average molecular weight is 359 g/mol. The second-order valence-corrected chi connectivity index (χ2v) is 7.18. The number of hydrogen-bond acceptors (Lipinski definition) is 4. The van der Waals surface area contributed by atoms with Crippen molar-refractivity contribution in [2.75, 3.05) is 18.3 Å². The van der Waals surface area contributed by atoms with Crippen LogP contribution in [0.3, 0.4) is 0 Å². The zero-order valence-corrected chi connectivity index (χ0v) is 14.3. The third-order valence-corrected chi connectivity index (χ3v) is 5.02. The molecule has 0 spiro atoms. The van der Waals surface area contributed by atoms with Gasteiger partial charge in [0, 0.05) is 19.3 Å². The van der Waals surface area contributed by atoms with E-state index in [1.807, 2.05) is 0 Å². The van der Waals surface area contributed by atoms with Crippen molar-refractivity contribution in [2.45, 2.75) is 6.42 Å². The van der Waals surface area contributed by atoms with E-state index in [-0.39, 0.29) is 18.4 Å². The van der Waals surface area contributed by atoms with Crippen molar-refractivity contribution in [1.29, 1.82) is 0 Å². The van der Waals surface area contributed by atoms with Crippen LogP contribution < -0.4 is 9.44 Å². The Labute approximate surface area is 145 Å². The van der Waals surface area contributed by atoms with E-state index in [1.165, 1.54) is 11.9 Å². The van der Waals surface area contributed by atoms with Gasteiger partial charge in [0.1, 0.15) is 0 Å². The lowest BCUT2D eigenvalue weighted by atomic mass is 10.1. The first-order valence-corrected chi connectivity index (χ1v) is 9.15. The molecule has 0 fully saturated rings. The van der Waals surface area contributed by atoms with Crippen LogP contribution in [0.2, 0.25) is 0 Å². The third-order valence-electron chi connectivity index (χ3n) is 3.98. The number of carbonyl (C=O) groups is 2. The lowest BCUT2D eigenvalue weighted by molar-refractivity contribution is 0.0656. The molecule has 1 heterocycles. The molecule has 0 aromatic heterocycles. The maximum atomic E-state index is 12.3. The first kappa shape index (κ1) is 17.1. The summed E-state index contributed by atoms with van der Waals surface area (Å²) in [4.78, 5) is 25.8. The highest BCUT2D eigenvalue weighted by Gasteiger charge is 2.34. The van der Waals surface area contributed by atoms with Crippen LogP contribution in [0, 0.1) is 0 Å². The lowest BCUT2D eigenvalue weighted by Crippen LogP contribution is -2.31. The fraction of sp³-hybridized carbons (Fsp3) is 0.176. The van der Waals surface area contributed by atoms with Crippen LogP contribution in [0.5, 0.6) is 0 Å². The summed E-state index contributed by atoms with van der Waals surface area (Å²) < 4.78 is 27.4. The Kier molecular flexibility index (Phi) is 4.56. The Morgan fingerprint density at radius 1 is 0.920 bits per heavy atom. The van der Waals surface area contributed by atoms with Gasteiger partial charge in [0.2, 0.25) is 0 Å². The van der Waals surface area contributed by atoms with E-state index in [9.17, 15) is 18.0 Å². The first-order valence-electron chi connectivity index (χ1n) is 7.67. The van der Waals surface area contributed by atoms with Crippen molar-refractivity contribution < 1.29 is 18.0 Å². The molecule has 0 unspecified atom stereocenters. The number of amides is 2. The average Bonchev–Trinajstić information content (AvgIpc) is 2.85. The van der Waals surface area contributed by atoms with E-state index in [0.717, 1.165) is 5.56 Å². The molecule has 0 radical (unpaired) electrons. The predicted molar refractivity (Wildman–Crippen MR) is 93.6 cm³/mol. The number of anilines is 1. The molecule has 1 aliphatic heterocycles. The van der Waals surface area contributed by atoms with E-state index in [0.29, 0.717) is 23.2 Å². The number of benzene rings is 2. The predicted octanol–water partition coefficient (Wildman–Crippen LogP) is 1.40. The summed E-state index contributed by atoms with van der Waals surface area (Å²) in [6.07, 6.45) is 0.491. The smallest absolute Gasteiger partial charge is 0.274 e. The van der Waals surface area contributed by atoms with Gasteiger partial charge in [-0.1, -0.05) is 24.3 Å². The van der Waals surface area contributed by atoms with Gasteiger partial charge in [-0.3, -0.25) is 19.2 Å². The Bertz CT molecular complexity index is 888. The molecule has 0 saturated carbocycles. The van der Waals surface area contributed by atoms with Gasteiger partial charge in [-0.2, -0.15) is 8.42 Å². The van der Waals surface area contributed by atoms with E-state index >= 15 is 0 Å². The summed E-state index contributed by atoms with van der Waals surface area (Å²) in [5, 5.41) is 0. The minimum atomic E-state index is -3.55. The van der Waals surface area contributed by atoms with Gasteiger partial charge < -0.3 is 0 Å². The maximum absolute atomic E-state index is 12.3. The van der Waals surface area contributed by atoms with E-state index in [4.69, 9.17) is 0 Å². The van der Waals surface area contributed by atoms with E-state index in [2.05, 4.69) is 9.44 Å². The Morgan fingerprint density at radius 3 is 2.00 bits per heavy atom. The zero-order valence-electron chi connectivity index (χ0n) is 13.5. The zero-order chi connectivity index (χ0) is 18.0. The van der Waals surface area contributed by atoms with Crippen LogP contribution >= 0.6 is 0 Å². The summed E-state index contributed by atoms with van der Waals surface area (Å²) in [6, 6.07) is 13.5. The molecule has 7 nitrogen and oxygen atoms in total. The van der Waals surface area contributed by atoms with Gasteiger partial charge in [-0.25, -0.2) is 4.72 Å². The van der Waals surface area contributed by atoms with Crippen molar-refractivity contribution >= 4 is 27.7 Å². The monoisotopic (exact) mass is 359 g/mol. The van der Waals surface area contributed by atoms with Gasteiger partial charge >= 0.3 is 0 Å². The summed E-state index contributed by atoms with van der Waals surface area (Å²) in [5.41, 5.74) is 2.19. The number of nitrogens with zero attached hydrogens (tertiary/aromatic N) is 1. The second-order valence-electron chi connectivity index (χ2n) is 5.56. The standard InChI is InChI=1S/C17H17N3O4S/c1-18-25(23,24)19-13-8-6-12(7-9-13)10-11-20-16(21)14-4-2-3-5-15(14)17(20)22/h2-9,18-19H,10-11H2,1H3. The molecule has 3 rings (SSSR count). The first-order chi connectivity index (χ1) is 11.9. The number of imide groups is 1. The van der Waals surface area contributed by atoms with Gasteiger partial charge in [-0.05, 0) is 36.2 Å². The molecule has 0 bridgehead atoms. The van der Waals surface area contributed by atoms with Crippen molar-refractivity contribution in [3.05, 3.63) is 65.2 Å². The van der Waals surface area contributed by atoms with E-state index in [1.54, 1.807) is 48.5 Å². The molecular weight excluding hydrogens is 342 g/mol. The molecule has 2 N–H and O–H groups in total. The largest absolute Gasteiger partial charge is 0.298 e. The molecular formula is C17H17N3O4S. The summed E-state index contributed by atoms with van der Waals surface area (Å²) >= 11 is 0. The van der Waals surface area contributed by atoms with E-state index < -0.39 is 10.2 Å². The Morgan fingerprint density at radius 2 is 1.48 bits per heavy atom. The molecule has 2 aromatic rings. The van der Waals surface area contributed by atoms with Crippen molar-refractivity contribution in [3.8, 4) is 0 Å². The molecule has 130 valence electrons. The highest BCUT2D eigenvalue weighted by molar-refractivity contribution is 7.90. The topological polar surface area (TPSA) is 95.6 Å². The van der Waals surface area contributed by atoms with Crippen LogP contribution in [-0.4, -0.2) is 38.7 Å². The highest BCUT2D eigenvalue weighted by Crippen LogP contribution is 2.22. The fourth-order valence-electron chi connectivity index (χ4n) is 2.63. The number of carbonyl (C=O) groups excluding carboxylic acids is 2. The second kappa shape index (κ2) is 6.66. The summed E-state index contributed by atoms with van der Waals surface area (Å²) in [6.45, 7) is 0.272. The third kappa shape index (κ3) is 3.54. The molecule has 0 saturated heterocycles. The van der Waals surface area contributed by atoms with Crippen LogP contribution in [0.4, 0.5) is 5.69 Å². The normalized spacial score (nSPS) is 13.9. The number of fused-ring (bicyclic) bond motifs is 1. The van der Waals surface area contributed by atoms with Gasteiger partial charge in [0.25, 0.3) is 22.0 Å². The molecule has 1 aliphatic rings. The maximum Gasteiger partial charge on any atom is 0.298 e. The summed E-state index contributed by atoms with van der Waals surface area (Å²) in [5.74, 6) is -0.557. The lowest BCUT2D eigenvalue weighted by Gasteiger charge is -2.14. The van der Waals surface area contributed by atoms with Crippen molar-refractivity contribution in [2.24, 2.45) is 0 Å². The number of hydrogen-bond donors (Lipinski definition) is 2. The fourth-order valence-corrected chi connectivity index (χ4v) is 3.18. The minimum absolute atomic E-state index is 0.272. The van der Waals surface area contributed by atoms with Crippen molar-refractivity contribution in [1.82, 2.24) is 9.62 Å². The molecule has 2 amide bonds.